The van der Waals surface area contributed by atoms with E-state index >= 15 is 0 Å². The quantitative estimate of drug-likeness (QED) is 0.308. The van der Waals surface area contributed by atoms with E-state index in [0.717, 1.165) is 41.9 Å². The number of rotatable bonds is 10. The molecule has 5 nitrogen and oxygen atoms in total. The molecule has 2 aromatic carbocycles. The van der Waals surface area contributed by atoms with E-state index in [-0.39, 0.29) is 10.8 Å². The lowest BCUT2D eigenvalue weighted by molar-refractivity contribution is 0.246. The maximum Gasteiger partial charge on any atom is 0.307 e. The van der Waals surface area contributed by atoms with Crippen molar-refractivity contribution in [1.82, 2.24) is 4.98 Å². The van der Waals surface area contributed by atoms with E-state index in [4.69, 9.17) is 9.47 Å². The lowest BCUT2D eigenvalue weighted by Crippen LogP contribution is -2.06. The summed E-state index contributed by atoms with van der Waals surface area (Å²) in [4.78, 5) is 14.1. The number of aromatic hydroxyl groups is 1. The first-order valence-electron chi connectivity index (χ1n) is 12.2. The van der Waals surface area contributed by atoms with Gasteiger partial charge in [-0.1, -0.05) is 61.0 Å². The van der Waals surface area contributed by atoms with Crippen LogP contribution in [0.4, 0.5) is 0 Å². The summed E-state index contributed by atoms with van der Waals surface area (Å²) < 4.78 is 12.0. The van der Waals surface area contributed by atoms with Crippen molar-refractivity contribution < 1.29 is 14.6 Å². The maximum atomic E-state index is 11.5. The molecule has 1 heterocycles. The van der Waals surface area contributed by atoms with Crippen LogP contribution in [0.15, 0.2) is 52.8 Å². The molecule has 0 aliphatic heterocycles. The average Bonchev–Trinajstić information content (AvgIpc) is 3.19. The fourth-order valence-corrected chi connectivity index (χ4v) is 5.08. The van der Waals surface area contributed by atoms with Crippen molar-refractivity contribution in [2.75, 3.05) is 13.2 Å². The van der Waals surface area contributed by atoms with Crippen molar-refractivity contribution in [2.24, 2.45) is 0 Å². The van der Waals surface area contributed by atoms with Gasteiger partial charge in [-0.2, -0.15) is 0 Å². The van der Waals surface area contributed by atoms with Gasteiger partial charge in [-0.3, -0.25) is 9.78 Å². The Morgan fingerprint density at radius 1 is 1.06 bits per heavy atom. The largest absolute Gasteiger partial charge is 0.493 e. The number of benzene rings is 2. The van der Waals surface area contributed by atoms with E-state index in [0.29, 0.717) is 23.8 Å². The monoisotopic (exact) mass is 479 g/mol. The van der Waals surface area contributed by atoms with Gasteiger partial charge < -0.3 is 14.6 Å². The highest BCUT2D eigenvalue weighted by Crippen LogP contribution is 2.32. The molecule has 34 heavy (non-hydrogen) atoms. The zero-order valence-electron chi connectivity index (χ0n) is 19.8. The van der Waals surface area contributed by atoms with Crippen LogP contribution in [-0.4, -0.2) is 23.3 Å². The number of ether oxygens (including phenoxy) is 2. The number of aryl methyl sites for hydroxylation is 1. The van der Waals surface area contributed by atoms with Crippen LogP contribution < -0.4 is 14.3 Å². The third-order valence-corrected chi connectivity index (χ3v) is 6.93. The second-order valence-electron chi connectivity index (χ2n) is 8.75. The Bertz CT molecular complexity index is 1170. The Morgan fingerprint density at radius 2 is 1.88 bits per heavy atom. The van der Waals surface area contributed by atoms with E-state index < -0.39 is 0 Å². The molecule has 180 valence electrons. The summed E-state index contributed by atoms with van der Waals surface area (Å²) in [5.41, 5.74) is 4.88. The number of hydrogen-bond donors (Lipinski definition) is 2. The predicted octanol–water partition coefficient (Wildman–Crippen LogP) is 6.96. The molecule has 3 aromatic rings. The standard InChI is InChI=1S/C28H33NO4S/c1-2-8-22-18-21(17-20-9-4-3-5-10-20)13-14-25(22)33-16-7-15-32-24-12-6-11-23(19-24)26-27(30)29-28(31)34-26/h6,11-14,17-19,30H,2-5,7-10,15-16H2,1H3,(H,29,31). The van der Waals surface area contributed by atoms with Gasteiger partial charge in [0, 0.05) is 12.0 Å². The highest BCUT2D eigenvalue weighted by atomic mass is 32.1. The fraction of sp³-hybridized carbons (Fsp3) is 0.393. The van der Waals surface area contributed by atoms with E-state index in [2.05, 4.69) is 36.2 Å². The summed E-state index contributed by atoms with van der Waals surface area (Å²) >= 11 is 0.981. The zero-order chi connectivity index (χ0) is 23.8. The van der Waals surface area contributed by atoms with Gasteiger partial charge in [0.15, 0.2) is 0 Å². The van der Waals surface area contributed by atoms with Gasteiger partial charge >= 0.3 is 4.87 Å². The molecule has 0 spiro atoms. The first-order valence-corrected chi connectivity index (χ1v) is 13.0. The second-order valence-corrected chi connectivity index (χ2v) is 9.73. The molecule has 2 N–H and O–H groups in total. The van der Waals surface area contributed by atoms with Crippen molar-refractivity contribution in [3.63, 3.8) is 0 Å². The van der Waals surface area contributed by atoms with Crippen molar-refractivity contribution in [3.8, 4) is 27.8 Å². The number of aromatic amines is 1. The van der Waals surface area contributed by atoms with Crippen LogP contribution in [0.1, 0.15) is 63.0 Å². The molecule has 0 unspecified atom stereocenters. The average molecular weight is 480 g/mol. The van der Waals surface area contributed by atoms with Gasteiger partial charge in [0.1, 0.15) is 11.5 Å². The van der Waals surface area contributed by atoms with E-state index in [9.17, 15) is 9.90 Å². The molecule has 1 aliphatic carbocycles. The van der Waals surface area contributed by atoms with Crippen LogP contribution in [0.3, 0.4) is 0 Å². The van der Waals surface area contributed by atoms with Crippen LogP contribution in [0.5, 0.6) is 17.4 Å². The second kappa shape index (κ2) is 11.9. The van der Waals surface area contributed by atoms with E-state index in [1.54, 1.807) is 5.57 Å². The molecular weight excluding hydrogens is 446 g/mol. The van der Waals surface area contributed by atoms with Gasteiger partial charge in [0.2, 0.25) is 5.88 Å². The number of H-pyrrole nitrogens is 1. The number of nitrogens with one attached hydrogen (secondary N) is 1. The van der Waals surface area contributed by atoms with Gasteiger partial charge in [0.05, 0.1) is 18.1 Å². The molecule has 0 atom stereocenters. The van der Waals surface area contributed by atoms with Crippen LogP contribution in [0.25, 0.3) is 16.5 Å². The molecule has 1 saturated carbocycles. The minimum atomic E-state index is -0.280. The summed E-state index contributed by atoms with van der Waals surface area (Å²) in [5.74, 6) is 1.56. The lowest BCUT2D eigenvalue weighted by atomic mass is 9.93. The van der Waals surface area contributed by atoms with E-state index in [1.807, 2.05) is 24.3 Å². The van der Waals surface area contributed by atoms with Gasteiger partial charge in [0.25, 0.3) is 0 Å². The van der Waals surface area contributed by atoms with Crippen molar-refractivity contribution >= 4 is 17.4 Å². The molecule has 1 fully saturated rings. The topological polar surface area (TPSA) is 71.5 Å². The number of allylic oxidation sites excluding steroid dienone is 1. The molecule has 0 saturated heterocycles. The Hall–Kier alpha value is -2.99. The number of hydrogen-bond acceptors (Lipinski definition) is 5. The minimum absolute atomic E-state index is 0.107. The summed E-state index contributed by atoms with van der Waals surface area (Å²) in [6, 6.07) is 14.0. The smallest absolute Gasteiger partial charge is 0.307 e. The highest BCUT2D eigenvalue weighted by molar-refractivity contribution is 7.13. The van der Waals surface area contributed by atoms with Crippen LogP contribution in [0, 0.1) is 0 Å². The maximum absolute atomic E-state index is 11.5. The highest BCUT2D eigenvalue weighted by Gasteiger charge is 2.11. The van der Waals surface area contributed by atoms with E-state index in [1.165, 1.54) is 43.2 Å². The Morgan fingerprint density at radius 3 is 2.65 bits per heavy atom. The van der Waals surface area contributed by atoms with Gasteiger partial charge in [-0.15, -0.1) is 0 Å². The minimum Gasteiger partial charge on any atom is -0.493 e. The number of thiazole rings is 1. The SMILES string of the molecule is CCCc1cc(C=C2CCCCC2)ccc1OCCCOc1cccc(-c2sc(=O)[nH]c2O)c1. The molecular formula is C28H33NO4S. The third kappa shape index (κ3) is 6.54. The fourth-order valence-electron chi connectivity index (χ4n) is 4.35. The Labute approximate surface area is 205 Å². The summed E-state index contributed by atoms with van der Waals surface area (Å²) in [7, 11) is 0. The Kier molecular flexibility index (Phi) is 8.47. The van der Waals surface area contributed by atoms with Crippen molar-refractivity contribution in [1.29, 1.82) is 0 Å². The first kappa shape index (κ1) is 24.1. The zero-order valence-corrected chi connectivity index (χ0v) is 20.6. The summed E-state index contributed by atoms with van der Waals surface area (Å²) in [6.07, 6.45) is 11.7. The molecule has 1 aliphatic rings. The Balaban J connectivity index is 1.30. The number of aromatic nitrogens is 1. The molecule has 4 rings (SSSR count). The predicted molar refractivity (Wildman–Crippen MR) is 139 cm³/mol. The molecule has 0 bridgehead atoms. The van der Waals surface area contributed by atoms with Crippen LogP contribution in [-0.2, 0) is 6.42 Å². The molecule has 1 aromatic heterocycles. The third-order valence-electron chi connectivity index (χ3n) is 6.01. The summed E-state index contributed by atoms with van der Waals surface area (Å²) in [6.45, 7) is 3.30. The van der Waals surface area contributed by atoms with Crippen LogP contribution >= 0.6 is 11.3 Å². The van der Waals surface area contributed by atoms with Crippen molar-refractivity contribution in [3.05, 3.63) is 68.8 Å². The van der Waals surface area contributed by atoms with Crippen molar-refractivity contribution in [2.45, 2.75) is 58.3 Å². The van der Waals surface area contributed by atoms with Gasteiger partial charge in [-0.25, -0.2) is 0 Å². The summed E-state index contributed by atoms with van der Waals surface area (Å²) in [5, 5.41) is 9.88. The molecule has 0 radical (unpaired) electrons. The molecule has 0 amide bonds. The molecule has 6 heteroatoms. The first-order chi connectivity index (χ1) is 16.6. The van der Waals surface area contributed by atoms with Gasteiger partial charge in [-0.05, 0) is 67.5 Å². The lowest BCUT2D eigenvalue weighted by Gasteiger charge is -2.15. The normalized spacial score (nSPS) is 13.6. The van der Waals surface area contributed by atoms with Crippen LogP contribution in [0.2, 0.25) is 0 Å².